The number of hydrogen-bond acceptors (Lipinski definition) is 2. The second kappa shape index (κ2) is 4.55. The van der Waals surface area contributed by atoms with Crippen LogP contribution in [-0.2, 0) is 4.74 Å². The van der Waals surface area contributed by atoms with Gasteiger partial charge in [-0.1, -0.05) is 13.3 Å². The van der Waals surface area contributed by atoms with Crippen molar-refractivity contribution in [2.75, 3.05) is 6.61 Å². The van der Waals surface area contributed by atoms with Crippen molar-refractivity contribution in [2.24, 2.45) is 11.3 Å². The van der Waals surface area contributed by atoms with Crippen molar-refractivity contribution in [3.05, 3.63) is 0 Å². The van der Waals surface area contributed by atoms with Gasteiger partial charge >= 0.3 is 0 Å². The SMILES string of the molecule is CCOC1CC(NC2CCC(C)C2)C12CCC2. The lowest BCUT2D eigenvalue weighted by atomic mass is 9.51. The molecule has 3 saturated carbocycles. The Morgan fingerprint density at radius 3 is 2.59 bits per heavy atom. The fourth-order valence-electron chi connectivity index (χ4n) is 4.32. The van der Waals surface area contributed by atoms with E-state index in [0.29, 0.717) is 11.5 Å². The molecule has 1 N–H and O–H groups in total. The minimum Gasteiger partial charge on any atom is -0.378 e. The van der Waals surface area contributed by atoms with Crippen molar-refractivity contribution in [3.8, 4) is 0 Å². The van der Waals surface area contributed by atoms with E-state index in [0.717, 1.165) is 24.6 Å². The van der Waals surface area contributed by atoms with Crippen molar-refractivity contribution in [1.82, 2.24) is 5.32 Å². The largest absolute Gasteiger partial charge is 0.378 e. The molecule has 0 aromatic rings. The predicted octanol–water partition coefficient (Wildman–Crippen LogP) is 3.11. The average molecular weight is 237 g/mol. The van der Waals surface area contributed by atoms with Gasteiger partial charge in [0.2, 0.25) is 0 Å². The van der Waals surface area contributed by atoms with Crippen molar-refractivity contribution < 1.29 is 4.74 Å². The van der Waals surface area contributed by atoms with Crippen LogP contribution in [-0.4, -0.2) is 24.8 Å². The van der Waals surface area contributed by atoms with Crippen LogP contribution in [0.1, 0.15) is 58.8 Å². The second-order valence-electron chi connectivity index (χ2n) is 6.60. The van der Waals surface area contributed by atoms with Crippen LogP contribution < -0.4 is 5.32 Å². The molecule has 0 aromatic carbocycles. The lowest BCUT2D eigenvalue weighted by molar-refractivity contribution is -0.174. The zero-order valence-corrected chi connectivity index (χ0v) is 11.4. The molecule has 3 fully saturated rings. The van der Waals surface area contributed by atoms with Crippen molar-refractivity contribution in [2.45, 2.75) is 77.0 Å². The molecule has 98 valence electrons. The van der Waals surface area contributed by atoms with Crippen molar-refractivity contribution in [1.29, 1.82) is 0 Å². The molecule has 4 atom stereocenters. The molecule has 17 heavy (non-hydrogen) atoms. The number of ether oxygens (including phenoxy) is 1. The third kappa shape index (κ3) is 1.94. The summed E-state index contributed by atoms with van der Waals surface area (Å²) in [6.45, 7) is 5.41. The molecule has 0 radical (unpaired) electrons. The molecule has 0 aromatic heterocycles. The van der Waals surface area contributed by atoms with Crippen LogP contribution in [0.15, 0.2) is 0 Å². The van der Waals surface area contributed by atoms with Crippen molar-refractivity contribution >= 4 is 0 Å². The van der Waals surface area contributed by atoms with Gasteiger partial charge in [-0.05, 0) is 51.4 Å². The molecule has 1 spiro atoms. The molecule has 2 heteroatoms. The van der Waals surface area contributed by atoms with Crippen LogP contribution >= 0.6 is 0 Å². The second-order valence-corrected chi connectivity index (χ2v) is 6.60. The lowest BCUT2D eigenvalue weighted by Crippen LogP contribution is -2.68. The van der Waals surface area contributed by atoms with E-state index in [9.17, 15) is 0 Å². The highest BCUT2D eigenvalue weighted by molar-refractivity contribution is 5.12. The quantitative estimate of drug-likeness (QED) is 0.811. The van der Waals surface area contributed by atoms with Crippen LogP contribution in [0.25, 0.3) is 0 Å². The van der Waals surface area contributed by atoms with Crippen molar-refractivity contribution in [3.63, 3.8) is 0 Å². The smallest absolute Gasteiger partial charge is 0.0661 e. The highest BCUT2D eigenvalue weighted by Gasteiger charge is 2.59. The van der Waals surface area contributed by atoms with Crippen LogP contribution in [0.2, 0.25) is 0 Å². The summed E-state index contributed by atoms with van der Waals surface area (Å²) in [5, 5.41) is 3.95. The Bertz CT molecular complexity index is 274. The van der Waals surface area contributed by atoms with E-state index in [1.54, 1.807) is 0 Å². The third-order valence-electron chi connectivity index (χ3n) is 5.57. The number of rotatable bonds is 4. The number of hydrogen-bond donors (Lipinski definition) is 1. The van der Waals surface area contributed by atoms with Crippen LogP contribution in [0, 0.1) is 11.3 Å². The van der Waals surface area contributed by atoms with Gasteiger partial charge in [-0.2, -0.15) is 0 Å². The molecule has 4 unspecified atom stereocenters. The van der Waals surface area contributed by atoms with E-state index in [2.05, 4.69) is 19.2 Å². The summed E-state index contributed by atoms with van der Waals surface area (Å²) < 4.78 is 5.91. The first kappa shape index (κ1) is 12.0. The summed E-state index contributed by atoms with van der Waals surface area (Å²) in [6.07, 6.45) is 10.3. The first-order valence-electron chi connectivity index (χ1n) is 7.62. The summed E-state index contributed by atoms with van der Waals surface area (Å²) in [4.78, 5) is 0. The summed E-state index contributed by atoms with van der Waals surface area (Å²) in [5.41, 5.74) is 0.543. The first-order valence-corrected chi connectivity index (χ1v) is 7.62. The Morgan fingerprint density at radius 2 is 2.06 bits per heavy atom. The third-order valence-corrected chi connectivity index (χ3v) is 5.57. The molecule has 3 aliphatic carbocycles. The van der Waals surface area contributed by atoms with Gasteiger partial charge in [0.25, 0.3) is 0 Å². The summed E-state index contributed by atoms with van der Waals surface area (Å²) in [5.74, 6) is 0.938. The van der Waals surface area contributed by atoms with Gasteiger partial charge in [-0.25, -0.2) is 0 Å². The van der Waals surface area contributed by atoms with Gasteiger partial charge in [-0.15, -0.1) is 0 Å². The monoisotopic (exact) mass is 237 g/mol. The summed E-state index contributed by atoms with van der Waals surface area (Å²) >= 11 is 0. The van der Waals surface area contributed by atoms with E-state index in [1.165, 1.54) is 44.9 Å². The maximum Gasteiger partial charge on any atom is 0.0661 e. The molecule has 0 aliphatic heterocycles. The Balaban J connectivity index is 1.55. The molecular weight excluding hydrogens is 210 g/mol. The fourth-order valence-corrected chi connectivity index (χ4v) is 4.32. The highest BCUT2D eigenvalue weighted by Crippen LogP contribution is 2.57. The predicted molar refractivity (Wildman–Crippen MR) is 70.0 cm³/mol. The zero-order chi connectivity index (χ0) is 11.9. The Hall–Kier alpha value is -0.0800. The Morgan fingerprint density at radius 1 is 1.24 bits per heavy atom. The Labute approximate surface area is 105 Å². The first-order chi connectivity index (χ1) is 8.24. The standard InChI is InChI=1S/C15H27NO/c1-3-17-14-10-13(15(14)7-4-8-15)16-12-6-5-11(2)9-12/h11-14,16H,3-10H2,1-2H3. The van der Waals surface area contributed by atoms with E-state index in [4.69, 9.17) is 4.74 Å². The molecular formula is C15H27NO. The van der Waals surface area contributed by atoms with Crippen LogP contribution in [0.5, 0.6) is 0 Å². The van der Waals surface area contributed by atoms with Gasteiger partial charge in [0.05, 0.1) is 6.10 Å². The van der Waals surface area contributed by atoms with Gasteiger partial charge in [0.15, 0.2) is 0 Å². The van der Waals surface area contributed by atoms with E-state index in [-0.39, 0.29) is 0 Å². The van der Waals surface area contributed by atoms with E-state index < -0.39 is 0 Å². The normalized spacial score (nSPS) is 43.4. The maximum atomic E-state index is 5.91. The summed E-state index contributed by atoms with van der Waals surface area (Å²) in [7, 11) is 0. The van der Waals surface area contributed by atoms with Crippen LogP contribution in [0.4, 0.5) is 0 Å². The van der Waals surface area contributed by atoms with E-state index in [1.807, 2.05) is 0 Å². The lowest BCUT2D eigenvalue weighted by Gasteiger charge is -2.61. The summed E-state index contributed by atoms with van der Waals surface area (Å²) in [6, 6.07) is 1.57. The molecule has 0 bridgehead atoms. The zero-order valence-electron chi connectivity index (χ0n) is 11.4. The maximum absolute atomic E-state index is 5.91. The minimum atomic E-state index is 0.543. The topological polar surface area (TPSA) is 21.3 Å². The number of nitrogens with one attached hydrogen (secondary N) is 1. The van der Waals surface area contributed by atoms with Gasteiger partial charge in [0.1, 0.15) is 0 Å². The van der Waals surface area contributed by atoms with E-state index >= 15 is 0 Å². The molecule has 3 rings (SSSR count). The van der Waals surface area contributed by atoms with Gasteiger partial charge < -0.3 is 10.1 Å². The molecule has 0 heterocycles. The molecule has 0 amide bonds. The average Bonchev–Trinajstić information content (AvgIpc) is 2.60. The minimum absolute atomic E-state index is 0.543. The Kier molecular flexibility index (Phi) is 3.20. The molecule has 0 saturated heterocycles. The van der Waals surface area contributed by atoms with Gasteiger partial charge in [0, 0.05) is 24.1 Å². The molecule has 3 aliphatic rings. The fraction of sp³-hybridized carbons (Fsp3) is 1.00. The van der Waals surface area contributed by atoms with Gasteiger partial charge in [-0.3, -0.25) is 0 Å². The van der Waals surface area contributed by atoms with Crippen LogP contribution in [0.3, 0.4) is 0 Å². The molecule has 2 nitrogen and oxygen atoms in total. The highest BCUT2D eigenvalue weighted by atomic mass is 16.5.